The summed E-state index contributed by atoms with van der Waals surface area (Å²) in [6.07, 6.45) is 7.83. The number of imide groups is 1. The fourth-order valence-electron chi connectivity index (χ4n) is 11.9. The van der Waals surface area contributed by atoms with E-state index in [1.165, 1.54) is 37.7 Å². The summed E-state index contributed by atoms with van der Waals surface area (Å²) >= 11 is 6.35. The van der Waals surface area contributed by atoms with Crippen molar-refractivity contribution in [3.63, 3.8) is 0 Å². The molecule has 3 saturated heterocycles. The number of anilines is 2. The number of benzene rings is 4. The molecule has 10 rings (SSSR count). The van der Waals surface area contributed by atoms with Crippen LogP contribution in [0.15, 0.2) is 83.7 Å². The number of piperazine rings is 1. The molecule has 0 spiro atoms. The van der Waals surface area contributed by atoms with Crippen LogP contribution in [-0.2, 0) is 34.3 Å². The van der Waals surface area contributed by atoms with Crippen LogP contribution in [0, 0.1) is 5.92 Å². The van der Waals surface area contributed by atoms with E-state index >= 15 is 0 Å². The van der Waals surface area contributed by atoms with Gasteiger partial charge in [-0.25, -0.2) is 4.79 Å². The number of fused-ring (bicyclic) bond motifs is 4. The van der Waals surface area contributed by atoms with Crippen molar-refractivity contribution in [2.75, 3.05) is 50.1 Å². The Morgan fingerprint density at radius 3 is 2.28 bits per heavy atom. The van der Waals surface area contributed by atoms with Gasteiger partial charge in [0.15, 0.2) is 11.5 Å². The van der Waals surface area contributed by atoms with Gasteiger partial charge in [-0.2, -0.15) is 0 Å². The summed E-state index contributed by atoms with van der Waals surface area (Å²) in [6.45, 7) is 8.22. The van der Waals surface area contributed by atoms with E-state index in [2.05, 4.69) is 63.5 Å². The highest BCUT2D eigenvalue weighted by Crippen LogP contribution is 2.44. The Hall–Kier alpha value is -5.63. The highest BCUT2D eigenvalue weighted by Gasteiger charge is 2.46. The normalized spacial score (nSPS) is 24.4. The van der Waals surface area contributed by atoms with E-state index in [-0.39, 0.29) is 42.5 Å². The summed E-state index contributed by atoms with van der Waals surface area (Å²) in [4.78, 5) is 61.6. The molecular weight excluding hydrogens is 866 g/mol. The van der Waals surface area contributed by atoms with E-state index in [9.17, 15) is 19.2 Å². The van der Waals surface area contributed by atoms with Crippen molar-refractivity contribution in [1.82, 2.24) is 24.3 Å². The number of aryl methyl sites for hydroxylation is 1. The van der Waals surface area contributed by atoms with Gasteiger partial charge in [-0.15, -0.1) is 0 Å². The van der Waals surface area contributed by atoms with Crippen molar-refractivity contribution >= 4 is 51.7 Å². The molecule has 1 N–H and O–H groups in total. The molecule has 4 fully saturated rings. The Balaban J connectivity index is 0.735. The molecule has 4 aliphatic heterocycles. The lowest BCUT2D eigenvalue weighted by Crippen LogP contribution is -2.51. The Bertz CT molecular complexity index is 2740. The van der Waals surface area contributed by atoms with Crippen LogP contribution in [-0.4, -0.2) is 101 Å². The SMILES string of the molecule is COc1cc2c(cc1OC(C)C)[C@H](c1ccc(Cl)cc1)N(c1ccc(N(C)CC3CCC(N4C[C@@H]5C[C@H]4CN5CCc4ccc5c(c4)n(C)c(=O)n5C4CCC(=O)NC4=O)CC3)cc1)C(=O)C2. The first-order valence-corrected chi connectivity index (χ1v) is 24.5. The average molecular weight is 929 g/mol. The number of hydrogen-bond donors (Lipinski definition) is 1. The van der Waals surface area contributed by atoms with Crippen molar-refractivity contribution in [3.8, 4) is 11.5 Å². The van der Waals surface area contributed by atoms with Gasteiger partial charge in [0.25, 0.3) is 0 Å². The fraction of sp³-hybridized carbons (Fsp3) is 0.472. The van der Waals surface area contributed by atoms with Crippen molar-refractivity contribution in [1.29, 1.82) is 0 Å². The van der Waals surface area contributed by atoms with Crippen molar-refractivity contribution in [2.45, 2.75) is 108 Å². The summed E-state index contributed by atoms with van der Waals surface area (Å²) in [7, 11) is 5.58. The van der Waals surface area contributed by atoms with Crippen LogP contribution < -0.4 is 30.3 Å². The monoisotopic (exact) mass is 927 g/mol. The molecule has 4 aromatic carbocycles. The van der Waals surface area contributed by atoms with Crippen molar-refractivity contribution in [2.24, 2.45) is 13.0 Å². The number of methoxy groups -OCH3 is 1. The number of nitrogens with one attached hydrogen (secondary N) is 1. The fourth-order valence-corrected chi connectivity index (χ4v) is 12.0. The quantitative estimate of drug-likeness (QED) is 0.120. The molecule has 1 saturated carbocycles. The second kappa shape index (κ2) is 18.5. The highest BCUT2D eigenvalue weighted by molar-refractivity contribution is 6.30. The Morgan fingerprint density at radius 1 is 0.836 bits per heavy atom. The molecule has 1 aromatic heterocycles. The molecule has 5 aromatic rings. The van der Waals surface area contributed by atoms with E-state index in [0.717, 1.165) is 71.7 Å². The Kier molecular flexibility index (Phi) is 12.4. The van der Waals surface area contributed by atoms with Gasteiger partial charge in [-0.3, -0.25) is 38.6 Å². The first-order chi connectivity index (χ1) is 32.3. The maximum atomic E-state index is 14.1. The third kappa shape index (κ3) is 8.74. The molecule has 5 aliphatic rings. The lowest BCUT2D eigenvalue weighted by molar-refractivity contribution is -0.135. The smallest absolute Gasteiger partial charge is 0.329 e. The topological polar surface area (TPSA) is 122 Å². The predicted octanol–water partition coefficient (Wildman–Crippen LogP) is 7.44. The number of halogens is 1. The minimum absolute atomic E-state index is 0.0226. The largest absolute Gasteiger partial charge is 0.493 e. The van der Waals surface area contributed by atoms with Crippen LogP contribution in [0.5, 0.6) is 11.5 Å². The van der Waals surface area contributed by atoms with Crippen LogP contribution in [0.4, 0.5) is 11.4 Å². The molecule has 4 atom stereocenters. The van der Waals surface area contributed by atoms with Gasteiger partial charge in [0.1, 0.15) is 6.04 Å². The number of imidazole rings is 1. The van der Waals surface area contributed by atoms with Gasteiger partial charge in [0, 0.05) is 81.2 Å². The molecule has 67 heavy (non-hydrogen) atoms. The maximum absolute atomic E-state index is 14.1. The van der Waals surface area contributed by atoms with Crippen LogP contribution >= 0.6 is 11.6 Å². The lowest BCUT2D eigenvalue weighted by atomic mass is 9.84. The van der Waals surface area contributed by atoms with Gasteiger partial charge >= 0.3 is 5.69 Å². The zero-order valence-electron chi connectivity index (χ0n) is 39.3. The first kappa shape index (κ1) is 45.2. The molecule has 5 heterocycles. The van der Waals surface area contributed by atoms with E-state index < -0.39 is 11.9 Å². The van der Waals surface area contributed by atoms with Gasteiger partial charge in [0.2, 0.25) is 17.7 Å². The van der Waals surface area contributed by atoms with Crippen molar-refractivity contribution in [3.05, 3.63) is 117 Å². The second-order valence-electron chi connectivity index (χ2n) is 19.8. The summed E-state index contributed by atoms with van der Waals surface area (Å²) in [5.74, 6) is 1.24. The van der Waals surface area contributed by atoms with Gasteiger partial charge < -0.3 is 19.3 Å². The van der Waals surface area contributed by atoms with Gasteiger partial charge in [-0.1, -0.05) is 29.8 Å². The molecule has 2 bridgehead atoms. The predicted molar refractivity (Wildman–Crippen MR) is 261 cm³/mol. The zero-order chi connectivity index (χ0) is 46.7. The number of carbonyl (C=O) groups excluding carboxylic acids is 3. The third-order valence-electron chi connectivity index (χ3n) is 15.3. The van der Waals surface area contributed by atoms with Crippen LogP contribution in [0.1, 0.15) is 93.1 Å². The molecule has 3 amide bonds. The molecule has 1 unspecified atom stereocenters. The molecule has 1 aliphatic carbocycles. The molecular formula is C53H62ClN7O6. The van der Waals surface area contributed by atoms with Crippen LogP contribution in [0.3, 0.4) is 0 Å². The lowest BCUT2D eigenvalue weighted by Gasteiger charge is -2.42. The summed E-state index contributed by atoms with van der Waals surface area (Å²) in [5.41, 5.74) is 7.40. The molecule has 14 heteroatoms. The zero-order valence-corrected chi connectivity index (χ0v) is 40.0. The Morgan fingerprint density at radius 2 is 1.60 bits per heavy atom. The standard InChI is InChI=1S/C53H62ClN7O6/c1-32(2)67-48-28-43-36(25-47(48)66-5)26-50(63)60(51(43)35-9-11-37(54)12-10-35)40-17-15-38(16-18-40)56(3)29-34-6-13-39(14-7-34)59-31-41-27-42(59)30-58(41)23-22-33-8-19-44-46(24-33)57(4)53(65)61(44)45-20-21-49(62)55-52(45)64/h8-12,15-19,24-25,28,32,34,39,41-42,45,51H,6-7,13-14,20-23,26-27,29-31H2,1-5H3,(H,55,62,64)/t34?,39?,41-,42-,45?,51-/m0/s1. The van der Waals surface area contributed by atoms with Crippen molar-refractivity contribution < 1.29 is 23.9 Å². The second-order valence-corrected chi connectivity index (χ2v) is 20.3. The molecule has 352 valence electrons. The summed E-state index contributed by atoms with van der Waals surface area (Å²) in [6, 6.07) is 27.2. The number of likely N-dealkylation sites (tertiary alicyclic amines) is 2. The number of aromatic nitrogens is 2. The number of nitrogens with zero attached hydrogens (tertiary/aromatic N) is 6. The number of ether oxygens (including phenoxy) is 2. The van der Waals surface area contributed by atoms with Gasteiger partial charge in [0.05, 0.1) is 36.7 Å². The summed E-state index contributed by atoms with van der Waals surface area (Å²) in [5, 5.41) is 3.04. The van der Waals surface area contributed by atoms with Crippen LogP contribution in [0.25, 0.3) is 11.0 Å². The Labute approximate surface area is 397 Å². The maximum Gasteiger partial charge on any atom is 0.329 e. The number of rotatable bonds is 13. The number of piperidine rings is 1. The minimum Gasteiger partial charge on any atom is -0.493 e. The van der Waals surface area contributed by atoms with E-state index in [0.29, 0.717) is 47.0 Å². The summed E-state index contributed by atoms with van der Waals surface area (Å²) < 4.78 is 15.1. The molecule has 13 nitrogen and oxygen atoms in total. The number of carbonyl (C=O) groups is 3. The number of amides is 3. The third-order valence-corrected chi connectivity index (χ3v) is 15.5. The van der Waals surface area contributed by atoms with E-state index in [1.807, 2.05) is 61.2 Å². The van der Waals surface area contributed by atoms with Gasteiger partial charge in [-0.05, 0) is 148 Å². The first-order valence-electron chi connectivity index (χ1n) is 24.1. The number of hydrogen-bond acceptors (Lipinski definition) is 9. The minimum atomic E-state index is -0.675. The van der Waals surface area contributed by atoms with E-state index in [4.69, 9.17) is 21.1 Å². The molecule has 0 radical (unpaired) electrons. The highest BCUT2D eigenvalue weighted by atomic mass is 35.5. The average Bonchev–Trinajstić information content (AvgIpc) is 3.99. The van der Waals surface area contributed by atoms with E-state index in [1.54, 1.807) is 23.3 Å². The van der Waals surface area contributed by atoms with Crippen LogP contribution in [0.2, 0.25) is 5.02 Å².